The molecule has 1 heterocycles. The lowest BCUT2D eigenvalue weighted by Gasteiger charge is -2.38. The highest BCUT2D eigenvalue weighted by Crippen LogP contribution is 2.39. The minimum Gasteiger partial charge on any atom is -0.342 e. The number of amides is 1. The largest absolute Gasteiger partial charge is 0.342 e. The van der Waals surface area contributed by atoms with Gasteiger partial charge in [-0.15, -0.1) is 0 Å². The van der Waals surface area contributed by atoms with E-state index in [9.17, 15) is 4.79 Å². The van der Waals surface area contributed by atoms with E-state index in [-0.39, 0.29) is 0 Å². The lowest BCUT2D eigenvalue weighted by molar-refractivity contribution is -0.139. The molecule has 1 aliphatic carbocycles. The van der Waals surface area contributed by atoms with Crippen molar-refractivity contribution in [2.24, 2.45) is 23.7 Å². The molecule has 0 bridgehead atoms. The Morgan fingerprint density at radius 1 is 1.18 bits per heavy atom. The zero-order chi connectivity index (χ0) is 12.4. The predicted molar refractivity (Wildman–Crippen MR) is 70.6 cm³/mol. The Hall–Kier alpha value is -0.530. The Morgan fingerprint density at radius 2 is 1.82 bits per heavy atom. The molecule has 2 fully saturated rings. The van der Waals surface area contributed by atoms with Crippen molar-refractivity contribution in [1.82, 2.24) is 4.90 Å². The van der Waals surface area contributed by atoms with Crippen LogP contribution in [0.25, 0.3) is 0 Å². The van der Waals surface area contributed by atoms with Crippen LogP contribution >= 0.6 is 0 Å². The summed E-state index contributed by atoms with van der Waals surface area (Å²) in [5.74, 6) is 2.80. The number of likely N-dealkylation sites (tertiary alicyclic amines) is 1. The van der Waals surface area contributed by atoms with Gasteiger partial charge in [-0.3, -0.25) is 4.79 Å². The Kier molecular flexibility index (Phi) is 4.11. The Morgan fingerprint density at radius 3 is 2.41 bits per heavy atom. The monoisotopic (exact) mass is 237 g/mol. The highest BCUT2D eigenvalue weighted by molar-refractivity contribution is 5.79. The third-order valence-electron chi connectivity index (χ3n) is 4.76. The molecule has 3 atom stereocenters. The van der Waals surface area contributed by atoms with Gasteiger partial charge in [0.05, 0.1) is 0 Å². The van der Waals surface area contributed by atoms with Crippen LogP contribution in [0.2, 0.25) is 0 Å². The van der Waals surface area contributed by atoms with Crippen molar-refractivity contribution in [2.75, 3.05) is 13.1 Å². The van der Waals surface area contributed by atoms with Gasteiger partial charge in [-0.1, -0.05) is 27.2 Å². The topological polar surface area (TPSA) is 20.3 Å². The molecule has 1 saturated heterocycles. The molecule has 0 spiro atoms. The molecule has 0 radical (unpaired) electrons. The molecule has 98 valence electrons. The number of hydrogen-bond acceptors (Lipinski definition) is 1. The summed E-state index contributed by atoms with van der Waals surface area (Å²) in [4.78, 5) is 14.7. The molecule has 0 aromatic heterocycles. The lowest BCUT2D eigenvalue weighted by Crippen LogP contribution is -2.41. The Balaban J connectivity index is 2.05. The van der Waals surface area contributed by atoms with Crippen molar-refractivity contribution in [3.63, 3.8) is 0 Å². The number of carbonyl (C=O) groups excluding carboxylic acids is 1. The number of carbonyl (C=O) groups is 1. The second kappa shape index (κ2) is 5.41. The molecule has 0 N–H and O–H groups in total. The van der Waals surface area contributed by atoms with Gasteiger partial charge in [-0.25, -0.2) is 0 Å². The summed E-state index contributed by atoms with van der Waals surface area (Å²) in [6, 6.07) is 0. The minimum absolute atomic E-state index is 0.317. The van der Waals surface area contributed by atoms with Gasteiger partial charge in [-0.2, -0.15) is 0 Å². The van der Waals surface area contributed by atoms with Gasteiger partial charge >= 0.3 is 0 Å². The van der Waals surface area contributed by atoms with Crippen LogP contribution < -0.4 is 0 Å². The van der Waals surface area contributed by atoms with Crippen LogP contribution in [0.1, 0.15) is 52.9 Å². The van der Waals surface area contributed by atoms with Gasteiger partial charge in [0.25, 0.3) is 0 Å². The fourth-order valence-electron chi connectivity index (χ4n) is 3.66. The first-order valence-corrected chi connectivity index (χ1v) is 7.38. The van der Waals surface area contributed by atoms with E-state index in [1.165, 1.54) is 25.7 Å². The molecule has 2 aliphatic rings. The standard InChI is InChI=1S/C15H27NO/c1-11(2)13-7-6-12(3)10-14(13)15(17)16-8-4-5-9-16/h11-14H,4-10H2,1-3H3. The molecule has 17 heavy (non-hydrogen) atoms. The van der Waals surface area contributed by atoms with Crippen molar-refractivity contribution in [3.05, 3.63) is 0 Å². The summed E-state index contributed by atoms with van der Waals surface area (Å²) in [6.07, 6.45) is 6.11. The highest BCUT2D eigenvalue weighted by Gasteiger charge is 2.37. The number of hydrogen-bond donors (Lipinski definition) is 0. The lowest BCUT2D eigenvalue weighted by atomic mass is 9.69. The molecule has 1 amide bonds. The van der Waals surface area contributed by atoms with E-state index in [0.29, 0.717) is 23.7 Å². The maximum Gasteiger partial charge on any atom is 0.225 e. The van der Waals surface area contributed by atoms with E-state index in [4.69, 9.17) is 0 Å². The molecule has 1 aliphatic heterocycles. The molecule has 1 saturated carbocycles. The maximum absolute atomic E-state index is 12.6. The summed E-state index contributed by atoms with van der Waals surface area (Å²) in [7, 11) is 0. The quantitative estimate of drug-likeness (QED) is 0.721. The van der Waals surface area contributed by atoms with Crippen molar-refractivity contribution in [3.8, 4) is 0 Å². The molecular formula is C15H27NO. The maximum atomic E-state index is 12.6. The Bertz CT molecular complexity index is 268. The van der Waals surface area contributed by atoms with Crippen LogP contribution in [-0.4, -0.2) is 23.9 Å². The van der Waals surface area contributed by atoms with Crippen LogP contribution in [0.4, 0.5) is 0 Å². The van der Waals surface area contributed by atoms with Gasteiger partial charge in [-0.05, 0) is 43.4 Å². The molecule has 2 heteroatoms. The summed E-state index contributed by atoms with van der Waals surface area (Å²) in [5.41, 5.74) is 0. The second-order valence-corrected chi connectivity index (χ2v) is 6.46. The predicted octanol–water partition coefficient (Wildman–Crippen LogP) is 3.32. The van der Waals surface area contributed by atoms with Gasteiger partial charge in [0.15, 0.2) is 0 Å². The van der Waals surface area contributed by atoms with Gasteiger partial charge in [0, 0.05) is 19.0 Å². The number of nitrogens with zero attached hydrogens (tertiary/aromatic N) is 1. The minimum atomic E-state index is 0.317. The average molecular weight is 237 g/mol. The SMILES string of the molecule is CC1CCC(C(C)C)C(C(=O)N2CCCC2)C1. The normalized spacial score (nSPS) is 34.4. The zero-order valence-electron chi connectivity index (χ0n) is 11.6. The molecule has 3 unspecified atom stereocenters. The van der Waals surface area contributed by atoms with E-state index in [0.717, 1.165) is 25.4 Å². The highest BCUT2D eigenvalue weighted by atomic mass is 16.2. The van der Waals surface area contributed by atoms with Gasteiger partial charge in [0.1, 0.15) is 0 Å². The van der Waals surface area contributed by atoms with Crippen LogP contribution in [0.5, 0.6) is 0 Å². The van der Waals surface area contributed by atoms with Gasteiger partial charge < -0.3 is 4.90 Å². The molecule has 0 aromatic carbocycles. The molecule has 0 aromatic rings. The van der Waals surface area contributed by atoms with E-state index < -0.39 is 0 Å². The fraction of sp³-hybridized carbons (Fsp3) is 0.933. The van der Waals surface area contributed by atoms with Crippen LogP contribution in [0.15, 0.2) is 0 Å². The summed E-state index contributed by atoms with van der Waals surface area (Å²) in [5, 5.41) is 0. The fourth-order valence-corrected chi connectivity index (χ4v) is 3.66. The summed E-state index contributed by atoms with van der Waals surface area (Å²) >= 11 is 0. The van der Waals surface area contributed by atoms with E-state index in [1.54, 1.807) is 0 Å². The number of rotatable bonds is 2. The van der Waals surface area contributed by atoms with Crippen LogP contribution in [-0.2, 0) is 4.79 Å². The first kappa shape index (κ1) is 12.9. The van der Waals surface area contributed by atoms with Crippen molar-refractivity contribution in [2.45, 2.75) is 52.9 Å². The smallest absolute Gasteiger partial charge is 0.225 e. The third-order valence-corrected chi connectivity index (χ3v) is 4.76. The molecule has 2 nitrogen and oxygen atoms in total. The van der Waals surface area contributed by atoms with Crippen molar-refractivity contribution < 1.29 is 4.79 Å². The van der Waals surface area contributed by atoms with E-state index >= 15 is 0 Å². The second-order valence-electron chi connectivity index (χ2n) is 6.46. The zero-order valence-corrected chi connectivity index (χ0v) is 11.6. The Labute approximate surface area is 106 Å². The summed E-state index contributed by atoms with van der Waals surface area (Å²) < 4.78 is 0. The van der Waals surface area contributed by atoms with Crippen molar-refractivity contribution >= 4 is 5.91 Å². The molecular weight excluding hydrogens is 210 g/mol. The van der Waals surface area contributed by atoms with Crippen molar-refractivity contribution in [1.29, 1.82) is 0 Å². The average Bonchev–Trinajstić information content (AvgIpc) is 2.80. The first-order valence-electron chi connectivity index (χ1n) is 7.38. The van der Waals surface area contributed by atoms with E-state index in [1.807, 2.05) is 0 Å². The summed E-state index contributed by atoms with van der Waals surface area (Å²) in [6.45, 7) is 8.89. The van der Waals surface area contributed by atoms with Crippen LogP contribution in [0.3, 0.4) is 0 Å². The van der Waals surface area contributed by atoms with Crippen LogP contribution in [0, 0.1) is 23.7 Å². The third kappa shape index (κ3) is 2.83. The first-order chi connectivity index (χ1) is 8.09. The van der Waals surface area contributed by atoms with Gasteiger partial charge in [0.2, 0.25) is 5.91 Å². The molecule has 2 rings (SSSR count). The van der Waals surface area contributed by atoms with E-state index in [2.05, 4.69) is 25.7 Å².